The Kier molecular flexibility index (Phi) is 3.24. The number of ether oxygens (including phenoxy) is 1. The summed E-state index contributed by atoms with van der Waals surface area (Å²) < 4.78 is 42.2. The monoisotopic (exact) mass is 287 g/mol. The summed E-state index contributed by atoms with van der Waals surface area (Å²) in [7, 11) is 0. The van der Waals surface area contributed by atoms with Crippen LogP contribution in [0.15, 0.2) is 18.2 Å². The molecule has 20 heavy (non-hydrogen) atoms. The highest BCUT2D eigenvalue weighted by Crippen LogP contribution is 2.33. The number of carbonyl (C=O) groups is 3. The lowest BCUT2D eigenvalue weighted by atomic mass is 10.1. The maximum absolute atomic E-state index is 12.6. The van der Waals surface area contributed by atoms with Crippen LogP contribution in [0.5, 0.6) is 0 Å². The number of hydrogen-bond acceptors (Lipinski definition) is 4. The zero-order valence-electron chi connectivity index (χ0n) is 10.2. The Morgan fingerprint density at radius 2 is 1.80 bits per heavy atom. The van der Waals surface area contributed by atoms with Crippen molar-refractivity contribution < 1.29 is 32.3 Å². The van der Waals surface area contributed by atoms with E-state index in [1.54, 1.807) is 0 Å². The first-order valence-corrected chi connectivity index (χ1v) is 5.54. The average molecular weight is 287 g/mol. The predicted octanol–water partition coefficient (Wildman–Crippen LogP) is 2.46. The van der Waals surface area contributed by atoms with Crippen molar-refractivity contribution in [1.82, 2.24) is 4.90 Å². The molecule has 0 spiro atoms. The fourth-order valence-corrected chi connectivity index (χ4v) is 1.77. The molecule has 0 aromatic heterocycles. The highest BCUT2D eigenvalue weighted by Gasteiger charge is 2.42. The summed E-state index contributed by atoms with van der Waals surface area (Å²) in [6.45, 7) is 1.40. The molecular weight excluding hydrogens is 279 g/mol. The van der Waals surface area contributed by atoms with Gasteiger partial charge in [-0.2, -0.15) is 18.1 Å². The molecule has 1 aliphatic rings. The lowest BCUT2D eigenvalue weighted by Gasteiger charge is -2.10. The van der Waals surface area contributed by atoms with Gasteiger partial charge in [0.05, 0.1) is 23.3 Å². The van der Waals surface area contributed by atoms with Gasteiger partial charge in [0.2, 0.25) is 0 Å². The van der Waals surface area contributed by atoms with Gasteiger partial charge in [-0.15, -0.1) is 0 Å². The van der Waals surface area contributed by atoms with Crippen molar-refractivity contribution in [3.8, 4) is 0 Å². The largest absolute Gasteiger partial charge is 0.449 e. The minimum atomic E-state index is -4.64. The van der Waals surface area contributed by atoms with Gasteiger partial charge in [0.25, 0.3) is 11.8 Å². The number of halogens is 3. The molecule has 3 amide bonds. The summed E-state index contributed by atoms with van der Waals surface area (Å²) in [5.74, 6) is -2.10. The first-order valence-electron chi connectivity index (χ1n) is 5.54. The van der Waals surface area contributed by atoms with Crippen molar-refractivity contribution in [2.45, 2.75) is 13.1 Å². The highest BCUT2D eigenvalue weighted by molar-refractivity contribution is 6.28. The number of amides is 3. The van der Waals surface area contributed by atoms with Gasteiger partial charge < -0.3 is 4.74 Å². The van der Waals surface area contributed by atoms with Gasteiger partial charge in [-0.1, -0.05) is 0 Å². The molecule has 2 rings (SSSR count). The molecule has 0 saturated heterocycles. The third-order valence-electron chi connectivity index (χ3n) is 2.66. The van der Waals surface area contributed by atoms with E-state index in [9.17, 15) is 27.6 Å². The summed E-state index contributed by atoms with van der Waals surface area (Å²) >= 11 is 0. The zero-order chi connectivity index (χ0) is 15.1. The van der Waals surface area contributed by atoms with Gasteiger partial charge in [-0.05, 0) is 25.1 Å². The third-order valence-corrected chi connectivity index (χ3v) is 2.66. The molecule has 0 aliphatic carbocycles. The maximum Gasteiger partial charge on any atom is 0.424 e. The number of rotatable bonds is 1. The number of benzene rings is 1. The molecule has 0 atom stereocenters. The van der Waals surface area contributed by atoms with Crippen LogP contribution in [-0.4, -0.2) is 29.4 Å². The minimum absolute atomic E-state index is 0.0694. The lowest BCUT2D eigenvalue weighted by molar-refractivity contribution is -0.137. The van der Waals surface area contributed by atoms with Crippen LogP contribution < -0.4 is 0 Å². The van der Waals surface area contributed by atoms with Crippen LogP contribution in [-0.2, 0) is 10.9 Å². The quantitative estimate of drug-likeness (QED) is 0.744. The highest BCUT2D eigenvalue weighted by atomic mass is 19.4. The van der Waals surface area contributed by atoms with E-state index in [0.29, 0.717) is 12.1 Å². The molecular formula is C12H8F3NO4. The molecule has 1 heterocycles. The molecule has 0 N–H and O–H groups in total. The molecule has 0 fully saturated rings. The van der Waals surface area contributed by atoms with Gasteiger partial charge in [-0.3, -0.25) is 9.59 Å². The van der Waals surface area contributed by atoms with E-state index in [1.165, 1.54) is 6.92 Å². The number of alkyl halides is 3. The Bertz CT molecular complexity index is 609. The van der Waals surface area contributed by atoms with Crippen molar-refractivity contribution in [2.24, 2.45) is 0 Å². The molecule has 1 aliphatic heterocycles. The fraction of sp³-hybridized carbons (Fsp3) is 0.250. The minimum Gasteiger partial charge on any atom is -0.449 e. The Morgan fingerprint density at radius 1 is 1.20 bits per heavy atom. The Balaban J connectivity index is 2.44. The molecule has 8 heteroatoms. The molecule has 0 radical (unpaired) electrons. The van der Waals surface area contributed by atoms with Crippen molar-refractivity contribution in [1.29, 1.82) is 0 Å². The molecule has 1 aromatic rings. The van der Waals surface area contributed by atoms with Crippen LogP contribution in [0.25, 0.3) is 0 Å². The van der Waals surface area contributed by atoms with E-state index in [2.05, 4.69) is 4.74 Å². The second kappa shape index (κ2) is 4.62. The van der Waals surface area contributed by atoms with E-state index < -0.39 is 35.2 Å². The van der Waals surface area contributed by atoms with Crippen molar-refractivity contribution in [3.05, 3.63) is 34.9 Å². The summed E-state index contributed by atoms with van der Waals surface area (Å²) in [5, 5.41) is 0. The van der Waals surface area contributed by atoms with E-state index in [0.717, 1.165) is 6.07 Å². The molecule has 0 saturated carbocycles. The Hall–Kier alpha value is -2.38. The third kappa shape index (κ3) is 2.13. The summed E-state index contributed by atoms with van der Waals surface area (Å²) in [6.07, 6.45) is -5.84. The standard InChI is InChI=1S/C12H8F3NO4/c1-2-20-11(19)16-9(17)7-4-3-6(12(13,14)15)5-8(7)10(16)18/h3-5H,2H2,1H3. The van der Waals surface area contributed by atoms with Crippen LogP contribution in [0.3, 0.4) is 0 Å². The van der Waals surface area contributed by atoms with Crippen LogP contribution in [0.1, 0.15) is 33.2 Å². The van der Waals surface area contributed by atoms with E-state index in [-0.39, 0.29) is 17.1 Å². The first kappa shape index (κ1) is 14.0. The number of fused-ring (bicyclic) bond motifs is 1. The van der Waals surface area contributed by atoms with Gasteiger partial charge >= 0.3 is 12.3 Å². The van der Waals surface area contributed by atoms with E-state index >= 15 is 0 Å². The molecule has 1 aromatic carbocycles. The van der Waals surface area contributed by atoms with E-state index in [1.807, 2.05) is 0 Å². The molecule has 5 nitrogen and oxygen atoms in total. The second-order valence-electron chi connectivity index (χ2n) is 3.90. The predicted molar refractivity (Wildman–Crippen MR) is 59.0 cm³/mol. The fourth-order valence-electron chi connectivity index (χ4n) is 1.77. The van der Waals surface area contributed by atoms with Crippen molar-refractivity contribution >= 4 is 17.9 Å². The molecule has 106 valence electrons. The second-order valence-corrected chi connectivity index (χ2v) is 3.90. The van der Waals surface area contributed by atoms with Crippen LogP contribution in [0.2, 0.25) is 0 Å². The van der Waals surface area contributed by atoms with Gasteiger partial charge in [0, 0.05) is 0 Å². The van der Waals surface area contributed by atoms with Crippen molar-refractivity contribution in [3.63, 3.8) is 0 Å². The summed E-state index contributed by atoms with van der Waals surface area (Å²) in [4.78, 5) is 35.3. The number of hydrogen-bond donors (Lipinski definition) is 0. The molecule has 0 unspecified atom stereocenters. The maximum atomic E-state index is 12.6. The summed E-state index contributed by atoms with van der Waals surface area (Å²) in [5.41, 5.74) is -1.78. The SMILES string of the molecule is CCOC(=O)N1C(=O)c2ccc(C(F)(F)F)cc2C1=O. The number of imide groups is 3. The Labute approximate surface area is 110 Å². The first-order chi connectivity index (χ1) is 9.27. The van der Waals surface area contributed by atoms with Gasteiger partial charge in [0.1, 0.15) is 0 Å². The zero-order valence-corrected chi connectivity index (χ0v) is 10.2. The van der Waals surface area contributed by atoms with Gasteiger partial charge in [0.15, 0.2) is 0 Å². The normalized spacial score (nSPS) is 14.5. The molecule has 0 bridgehead atoms. The lowest BCUT2D eigenvalue weighted by Crippen LogP contribution is -2.36. The summed E-state index contributed by atoms with van der Waals surface area (Å²) in [6, 6.07) is 2.10. The van der Waals surface area contributed by atoms with Crippen LogP contribution >= 0.6 is 0 Å². The Morgan fingerprint density at radius 3 is 2.35 bits per heavy atom. The average Bonchev–Trinajstić information content (AvgIpc) is 2.61. The number of nitrogens with zero attached hydrogens (tertiary/aromatic N) is 1. The van der Waals surface area contributed by atoms with Gasteiger partial charge in [-0.25, -0.2) is 4.79 Å². The van der Waals surface area contributed by atoms with Crippen molar-refractivity contribution in [2.75, 3.05) is 6.61 Å². The topological polar surface area (TPSA) is 63.7 Å². The smallest absolute Gasteiger partial charge is 0.424 e. The number of carbonyl (C=O) groups excluding carboxylic acids is 3. The van der Waals surface area contributed by atoms with Crippen LogP contribution in [0, 0.1) is 0 Å². The van der Waals surface area contributed by atoms with E-state index in [4.69, 9.17) is 0 Å². The van der Waals surface area contributed by atoms with Crippen LogP contribution in [0.4, 0.5) is 18.0 Å².